The standard InChI is InChI=1S/C15H21NO3/c1-2-14-12(8-9-19-14)15(18)16-13(10-17)11-6-4-3-5-7-11/h3-7,12-14,17H,2,8-10H2,1H3,(H,16,18)/t12?,13-,14?/m0/s1. The molecule has 19 heavy (non-hydrogen) atoms. The molecule has 0 saturated carbocycles. The third-order valence-corrected chi connectivity index (χ3v) is 3.65. The van der Waals surface area contributed by atoms with E-state index in [9.17, 15) is 9.90 Å². The van der Waals surface area contributed by atoms with Gasteiger partial charge in [-0.05, 0) is 18.4 Å². The zero-order valence-corrected chi connectivity index (χ0v) is 11.2. The number of aliphatic hydroxyl groups excluding tert-OH is 1. The van der Waals surface area contributed by atoms with E-state index in [0.717, 1.165) is 18.4 Å². The number of nitrogens with one attached hydrogen (secondary N) is 1. The Morgan fingerprint density at radius 1 is 1.47 bits per heavy atom. The van der Waals surface area contributed by atoms with Crippen molar-refractivity contribution in [2.75, 3.05) is 13.2 Å². The predicted molar refractivity (Wildman–Crippen MR) is 72.5 cm³/mol. The lowest BCUT2D eigenvalue weighted by Gasteiger charge is -2.21. The molecular formula is C15H21NO3. The number of carbonyl (C=O) groups excluding carboxylic acids is 1. The van der Waals surface area contributed by atoms with Crippen molar-refractivity contribution in [2.24, 2.45) is 5.92 Å². The van der Waals surface area contributed by atoms with Crippen molar-refractivity contribution in [2.45, 2.75) is 31.9 Å². The van der Waals surface area contributed by atoms with Gasteiger partial charge in [-0.15, -0.1) is 0 Å². The van der Waals surface area contributed by atoms with E-state index in [1.54, 1.807) is 0 Å². The highest BCUT2D eigenvalue weighted by Gasteiger charge is 2.33. The summed E-state index contributed by atoms with van der Waals surface area (Å²) in [5.74, 6) is -0.116. The summed E-state index contributed by atoms with van der Waals surface area (Å²) < 4.78 is 5.53. The predicted octanol–water partition coefficient (Wildman–Crippen LogP) is 1.65. The van der Waals surface area contributed by atoms with Gasteiger partial charge in [0.1, 0.15) is 0 Å². The lowest BCUT2D eigenvalue weighted by atomic mass is 9.97. The highest BCUT2D eigenvalue weighted by Crippen LogP contribution is 2.24. The Balaban J connectivity index is 2.00. The van der Waals surface area contributed by atoms with Crippen LogP contribution in [-0.4, -0.2) is 30.3 Å². The van der Waals surface area contributed by atoms with Crippen molar-refractivity contribution in [3.8, 4) is 0 Å². The van der Waals surface area contributed by atoms with Crippen molar-refractivity contribution < 1.29 is 14.6 Å². The Hall–Kier alpha value is -1.39. The Bertz CT molecular complexity index is 407. The normalized spacial score (nSPS) is 24.1. The topological polar surface area (TPSA) is 58.6 Å². The lowest BCUT2D eigenvalue weighted by Crippen LogP contribution is -2.38. The zero-order chi connectivity index (χ0) is 13.7. The lowest BCUT2D eigenvalue weighted by molar-refractivity contribution is -0.127. The summed E-state index contributed by atoms with van der Waals surface area (Å²) in [6.07, 6.45) is 1.61. The van der Waals surface area contributed by atoms with Gasteiger partial charge in [-0.1, -0.05) is 37.3 Å². The first-order valence-electron chi connectivity index (χ1n) is 6.84. The average molecular weight is 263 g/mol. The van der Waals surface area contributed by atoms with Crippen LogP contribution in [0, 0.1) is 5.92 Å². The van der Waals surface area contributed by atoms with Gasteiger partial charge in [0.25, 0.3) is 0 Å². The number of carbonyl (C=O) groups is 1. The summed E-state index contributed by atoms with van der Waals surface area (Å²) in [5.41, 5.74) is 0.922. The first-order valence-corrected chi connectivity index (χ1v) is 6.84. The number of aliphatic hydroxyl groups is 1. The largest absolute Gasteiger partial charge is 0.394 e. The van der Waals surface area contributed by atoms with Gasteiger partial charge >= 0.3 is 0 Å². The molecule has 1 fully saturated rings. The minimum Gasteiger partial charge on any atom is -0.394 e. The van der Waals surface area contributed by atoms with E-state index in [-0.39, 0.29) is 30.6 Å². The SMILES string of the molecule is CCC1OCCC1C(=O)N[C@@H](CO)c1ccccc1. The van der Waals surface area contributed by atoms with Crippen molar-refractivity contribution in [1.29, 1.82) is 0 Å². The quantitative estimate of drug-likeness (QED) is 0.849. The smallest absolute Gasteiger partial charge is 0.226 e. The van der Waals surface area contributed by atoms with Crippen LogP contribution in [0.4, 0.5) is 0 Å². The first kappa shape index (κ1) is 14.0. The third-order valence-electron chi connectivity index (χ3n) is 3.65. The molecule has 4 heteroatoms. The number of rotatable bonds is 5. The van der Waals surface area contributed by atoms with E-state index in [2.05, 4.69) is 5.32 Å². The van der Waals surface area contributed by atoms with Gasteiger partial charge < -0.3 is 15.2 Å². The zero-order valence-electron chi connectivity index (χ0n) is 11.2. The Morgan fingerprint density at radius 2 is 2.21 bits per heavy atom. The van der Waals surface area contributed by atoms with Gasteiger partial charge in [0.15, 0.2) is 0 Å². The second-order valence-corrected chi connectivity index (χ2v) is 4.87. The number of amides is 1. The average Bonchev–Trinajstić information content (AvgIpc) is 2.94. The molecule has 1 aromatic carbocycles. The Morgan fingerprint density at radius 3 is 2.84 bits per heavy atom. The molecule has 1 aliphatic rings. The number of benzene rings is 1. The van der Waals surface area contributed by atoms with Gasteiger partial charge in [0.05, 0.1) is 24.7 Å². The van der Waals surface area contributed by atoms with Crippen LogP contribution in [0.2, 0.25) is 0 Å². The van der Waals surface area contributed by atoms with Crippen molar-refractivity contribution >= 4 is 5.91 Å². The maximum absolute atomic E-state index is 12.3. The fraction of sp³-hybridized carbons (Fsp3) is 0.533. The van der Waals surface area contributed by atoms with E-state index >= 15 is 0 Å². The Labute approximate surface area is 113 Å². The van der Waals surface area contributed by atoms with Crippen LogP contribution >= 0.6 is 0 Å². The molecular weight excluding hydrogens is 242 g/mol. The van der Waals surface area contributed by atoms with Crippen LogP contribution < -0.4 is 5.32 Å². The molecule has 0 radical (unpaired) electrons. The molecule has 2 unspecified atom stereocenters. The van der Waals surface area contributed by atoms with Gasteiger partial charge in [0.2, 0.25) is 5.91 Å². The van der Waals surface area contributed by atoms with E-state index in [0.29, 0.717) is 6.61 Å². The molecule has 4 nitrogen and oxygen atoms in total. The first-order chi connectivity index (χ1) is 9.26. The van der Waals surface area contributed by atoms with Crippen molar-refractivity contribution in [3.63, 3.8) is 0 Å². The third kappa shape index (κ3) is 3.33. The molecule has 0 aliphatic carbocycles. The van der Waals surface area contributed by atoms with Crippen molar-refractivity contribution in [1.82, 2.24) is 5.32 Å². The van der Waals surface area contributed by atoms with Gasteiger partial charge in [-0.2, -0.15) is 0 Å². The highest BCUT2D eigenvalue weighted by molar-refractivity contribution is 5.80. The van der Waals surface area contributed by atoms with E-state index < -0.39 is 0 Å². The molecule has 2 N–H and O–H groups in total. The van der Waals surface area contributed by atoms with Crippen LogP contribution in [0.15, 0.2) is 30.3 Å². The summed E-state index contributed by atoms with van der Waals surface area (Å²) in [7, 11) is 0. The molecule has 1 saturated heterocycles. The van der Waals surface area contributed by atoms with Crippen LogP contribution in [0.25, 0.3) is 0 Å². The van der Waals surface area contributed by atoms with Crippen LogP contribution in [0.3, 0.4) is 0 Å². The van der Waals surface area contributed by atoms with Crippen LogP contribution in [0.1, 0.15) is 31.4 Å². The second-order valence-electron chi connectivity index (χ2n) is 4.87. The van der Waals surface area contributed by atoms with E-state index in [4.69, 9.17) is 4.74 Å². The molecule has 0 aromatic heterocycles. The molecule has 2 rings (SSSR count). The number of hydrogen-bond donors (Lipinski definition) is 2. The van der Waals surface area contributed by atoms with Gasteiger partial charge in [0, 0.05) is 6.61 Å². The van der Waals surface area contributed by atoms with E-state index in [1.807, 2.05) is 37.3 Å². The molecule has 3 atom stereocenters. The number of ether oxygens (including phenoxy) is 1. The summed E-state index contributed by atoms with van der Waals surface area (Å²) >= 11 is 0. The second kappa shape index (κ2) is 6.68. The minimum atomic E-state index is -0.341. The number of hydrogen-bond acceptors (Lipinski definition) is 3. The molecule has 104 valence electrons. The summed E-state index contributed by atoms with van der Waals surface area (Å²) in [6, 6.07) is 9.19. The van der Waals surface area contributed by atoms with Crippen LogP contribution in [0.5, 0.6) is 0 Å². The molecule has 0 spiro atoms. The molecule has 1 heterocycles. The van der Waals surface area contributed by atoms with Crippen LogP contribution in [-0.2, 0) is 9.53 Å². The summed E-state index contributed by atoms with van der Waals surface area (Å²) in [4.78, 5) is 12.3. The fourth-order valence-corrected chi connectivity index (χ4v) is 2.55. The van der Waals surface area contributed by atoms with Gasteiger partial charge in [-0.3, -0.25) is 4.79 Å². The van der Waals surface area contributed by atoms with Crippen molar-refractivity contribution in [3.05, 3.63) is 35.9 Å². The van der Waals surface area contributed by atoms with E-state index in [1.165, 1.54) is 0 Å². The monoisotopic (exact) mass is 263 g/mol. The molecule has 1 aliphatic heterocycles. The van der Waals surface area contributed by atoms with Gasteiger partial charge in [-0.25, -0.2) is 0 Å². The molecule has 0 bridgehead atoms. The summed E-state index contributed by atoms with van der Waals surface area (Å²) in [6.45, 7) is 2.57. The maximum atomic E-state index is 12.3. The summed E-state index contributed by atoms with van der Waals surface area (Å²) in [5, 5.41) is 12.4. The Kier molecular flexibility index (Phi) is 4.93. The highest BCUT2D eigenvalue weighted by atomic mass is 16.5. The maximum Gasteiger partial charge on any atom is 0.226 e. The molecule has 1 aromatic rings. The minimum absolute atomic E-state index is 0.00937. The molecule has 1 amide bonds. The fourth-order valence-electron chi connectivity index (χ4n) is 2.55.